The van der Waals surface area contributed by atoms with Gasteiger partial charge in [-0.15, -0.1) is 0 Å². The Morgan fingerprint density at radius 3 is 2.31 bits per heavy atom. The van der Waals surface area contributed by atoms with Crippen molar-refractivity contribution < 1.29 is 5.48 Å². The fourth-order valence-corrected chi connectivity index (χ4v) is 2.04. The van der Waals surface area contributed by atoms with Crippen molar-refractivity contribution >= 4 is 0 Å². The number of hydrogen-bond donors (Lipinski definition) is 0. The maximum atomic E-state index is 2.67. The third-order valence-electron chi connectivity index (χ3n) is 2.99. The zero-order valence-electron chi connectivity index (χ0n) is 9.18. The Morgan fingerprint density at radius 1 is 1.15 bits per heavy atom. The van der Waals surface area contributed by atoms with Gasteiger partial charge in [0.15, 0.2) is 0 Å². The molecule has 0 aromatic heterocycles. The summed E-state index contributed by atoms with van der Waals surface area (Å²) in [6.45, 7) is 7.37. The van der Waals surface area contributed by atoms with Crippen LogP contribution >= 0.6 is 0 Å². The zero-order chi connectivity index (χ0) is 8.81. The maximum absolute atomic E-state index is 2.67. The highest BCUT2D eigenvalue weighted by Crippen LogP contribution is 2.15. The number of piperidine rings is 1. The topological polar surface area (TPSA) is 34.7 Å². The molecule has 0 spiro atoms. The number of nitrogens with zero attached hydrogens (tertiary/aromatic N) is 1. The highest BCUT2D eigenvalue weighted by molar-refractivity contribution is 4.70. The molecular formula is C11H25NO. The second-order valence-electron chi connectivity index (χ2n) is 4.09. The number of unbranched alkanes of at least 4 members (excludes halogenated alkanes) is 1. The van der Waals surface area contributed by atoms with Crippen molar-refractivity contribution in [1.82, 2.24) is 4.90 Å². The molecule has 0 aromatic rings. The molecule has 0 bridgehead atoms. The molecule has 1 saturated heterocycles. The molecule has 1 unspecified atom stereocenters. The average Bonchev–Trinajstić information content (AvgIpc) is 2.15. The normalized spacial score (nSPS) is 20.8. The van der Waals surface area contributed by atoms with Gasteiger partial charge in [-0.2, -0.15) is 0 Å². The summed E-state index contributed by atoms with van der Waals surface area (Å²) in [5.41, 5.74) is 0. The first-order chi connectivity index (χ1) is 5.84. The van der Waals surface area contributed by atoms with Gasteiger partial charge in [0.05, 0.1) is 0 Å². The Kier molecular flexibility index (Phi) is 7.29. The zero-order valence-corrected chi connectivity index (χ0v) is 9.18. The standard InChI is InChI=1S/C11H23N.H2O/c1-3-4-8-11(2)12-9-6-5-7-10-12;/h11H,3-10H2,1-2H3;1H2. The fraction of sp³-hybridized carbons (Fsp3) is 1.00. The molecule has 1 rings (SSSR count). The summed E-state index contributed by atoms with van der Waals surface area (Å²) in [5.74, 6) is 0. The van der Waals surface area contributed by atoms with E-state index in [0.717, 1.165) is 6.04 Å². The predicted molar refractivity (Wildman–Crippen MR) is 58.0 cm³/mol. The van der Waals surface area contributed by atoms with E-state index in [9.17, 15) is 0 Å². The van der Waals surface area contributed by atoms with Gasteiger partial charge < -0.3 is 10.4 Å². The third kappa shape index (κ3) is 4.63. The van der Waals surface area contributed by atoms with Crippen LogP contribution in [0.5, 0.6) is 0 Å². The molecule has 1 fully saturated rings. The van der Waals surface area contributed by atoms with Crippen LogP contribution in [0.25, 0.3) is 0 Å². The van der Waals surface area contributed by atoms with E-state index >= 15 is 0 Å². The van der Waals surface area contributed by atoms with Crippen LogP contribution in [0.4, 0.5) is 0 Å². The van der Waals surface area contributed by atoms with Crippen molar-refractivity contribution in [1.29, 1.82) is 0 Å². The largest absolute Gasteiger partial charge is 0.412 e. The Balaban J connectivity index is 0.00000144. The molecule has 1 atom stereocenters. The predicted octanol–water partition coefficient (Wildman–Crippen LogP) is 2.23. The Morgan fingerprint density at radius 2 is 1.77 bits per heavy atom. The number of likely N-dealkylation sites (tertiary alicyclic amines) is 1. The average molecular weight is 187 g/mol. The van der Waals surface area contributed by atoms with Crippen LogP contribution in [0.15, 0.2) is 0 Å². The van der Waals surface area contributed by atoms with E-state index in [2.05, 4.69) is 18.7 Å². The molecule has 0 aromatic carbocycles. The van der Waals surface area contributed by atoms with E-state index in [1.807, 2.05) is 0 Å². The molecule has 1 aliphatic rings. The van der Waals surface area contributed by atoms with Gasteiger partial charge in [0.1, 0.15) is 0 Å². The third-order valence-corrected chi connectivity index (χ3v) is 2.99. The highest BCUT2D eigenvalue weighted by atomic mass is 16.0. The molecule has 1 aliphatic heterocycles. The van der Waals surface area contributed by atoms with Crippen LogP contribution in [0.3, 0.4) is 0 Å². The van der Waals surface area contributed by atoms with Gasteiger partial charge in [-0.05, 0) is 39.3 Å². The Labute approximate surface area is 82.6 Å². The van der Waals surface area contributed by atoms with E-state index in [4.69, 9.17) is 0 Å². The molecule has 2 nitrogen and oxygen atoms in total. The molecule has 0 radical (unpaired) electrons. The van der Waals surface area contributed by atoms with Crippen molar-refractivity contribution in [3.05, 3.63) is 0 Å². The molecule has 2 N–H and O–H groups in total. The van der Waals surface area contributed by atoms with Crippen molar-refractivity contribution in [3.8, 4) is 0 Å². The van der Waals surface area contributed by atoms with Gasteiger partial charge in [0.2, 0.25) is 0 Å². The molecule has 2 heteroatoms. The van der Waals surface area contributed by atoms with Gasteiger partial charge >= 0.3 is 0 Å². The van der Waals surface area contributed by atoms with E-state index in [-0.39, 0.29) is 5.48 Å². The Hall–Kier alpha value is -0.0800. The molecule has 0 aliphatic carbocycles. The lowest BCUT2D eigenvalue weighted by atomic mass is 10.1. The van der Waals surface area contributed by atoms with Gasteiger partial charge in [-0.1, -0.05) is 26.2 Å². The molecule has 0 saturated carbocycles. The van der Waals surface area contributed by atoms with Crippen molar-refractivity contribution in [2.75, 3.05) is 13.1 Å². The van der Waals surface area contributed by atoms with Crippen LogP contribution in [0.1, 0.15) is 52.4 Å². The number of hydrogen-bond acceptors (Lipinski definition) is 1. The van der Waals surface area contributed by atoms with Crippen LogP contribution in [-0.4, -0.2) is 29.5 Å². The monoisotopic (exact) mass is 187 g/mol. The van der Waals surface area contributed by atoms with E-state index in [1.54, 1.807) is 0 Å². The first kappa shape index (κ1) is 12.9. The summed E-state index contributed by atoms with van der Waals surface area (Å²) in [4.78, 5) is 2.67. The van der Waals surface area contributed by atoms with Crippen LogP contribution in [0.2, 0.25) is 0 Å². The summed E-state index contributed by atoms with van der Waals surface area (Å²) >= 11 is 0. The summed E-state index contributed by atoms with van der Waals surface area (Å²) < 4.78 is 0. The van der Waals surface area contributed by atoms with Crippen LogP contribution < -0.4 is 0 Å². The summed E-state index contributed by atoms with van der Waals surface area (Å²) in [7, 11) is 0. The second-order valence-corrected chi connectivity index (χ2v) is 4.09. The SMILES string of the molecule is CCCCC(C)N1CCCCC1.O. The highest BCUT2D eigenvalue weighted by Gasteiger charge is 2.15. The second kappa shape index (κ2) is 7.34. The fourth-order valence-electron chi connectivity index (χ4n) is 2.04. The van der Waals surface area contributed by atoms with Crippen molar-refractivity contribution in [3.63, 3.8) is 0 Å². The quantitative estimate of drug-likeness (QED) is 0.664. The lowest BCUT2D eigenvalue weighted by molar-refractivity contribution is 0.164. The lowest BCUT2D eigenvalue weighted by Gasteiger charge is -2.32. The van der Waals surface area contributed by atoms with Gasteiger partial charge in [-0.3, -0.25) is 0 Å². The van der Waals surface area contributed by atoms with Gasteiger partial charge in [0.25, 0.3) is 0 Å². The first-order valence-electron chi connectivity index (χ1n) is 5.58. The molecule has 0 amide bonds. The van der Waals surface area contributed by atoms with E-state index in [1.165, 1.54) is 51.6 Å². The van der Waals surface area contributed by atoms with Crippen LogP contribution in [-0.2, 0) is 0 Å². The molecule has 80 valence electrons. The van der Waals surface area contributed by atoms with Gasteiger partial charge in [-0.25, -0.2) is 0 Å². The number of rotatable bonds is 4. The van der Waals surface area contributed by atoms with Gasteiger partial charge in [0, 0.05) is 6.04 Å². The summed E-state index contributed by atoms with van der Waals surface area (Å²) in [6, 6.07) is 0.838. The van der Waals surface area contributed by atoms with Crippen molar-refractivity contribution in [2.24, 2.45) is 0 Å². The first-order valence-corrected chi connectivity index (χ1v) is 5.58. The van der Waals surface area contributed by atoms with E-state index in [0.29, 0.717) is 0 Å². The molecule has 1 heterocycles. The summed E-state index contributed by atoms with van der Waals surface area (Å²) in [5, 5.41) is 0. The lowest BCUT2D eigenvalue weighted by Crippen LogP contribution is -2.37. The maximum Gasteiger partial charge on any atom is 0.00669 e. The minimum absolute atomic E-state index is 0. The summed E-state index contributed by atoms with van der Waals surface area (Å²) in [6.07, 6.45) is 8.45. The smallest absolute Gasteiger partial charge is 0.00669 e. The molecular weight excluding hydrogens is 162 g/mol. The van der Waals surface area contributed by atoms with Crippen LogP contribution in [0, 0.1) is 0 Å². The molecule has 13 heavy (non-hydrogen) atoms. The van der Waals surface area contributed by atoms with Crippen molar-refractivity contribution in [2.45, 2.75) is 58.4 Å². The Bertz CT molecular complexity index is 111. The van der Waals surface area contributed by atoms with E-state index < -0.39 is 0 Å². The minimum atomic E-state index is 0. The minimum Gasteiger partial charge on any atom is -0.412 e.